The molecule has 0 bridgehead atoms. The maximum atomic E-state index is 6.20. The van der Waals surface area contributed by atoms with Crippen molar-refractivity contribution >= 4 is 22.8 Å². The molecule has 1 aliphatic carbocycles. The van der Waals surface area contributed by atoms with Gasteiger partial charge in [-0.25, -0.2) is 4.58 Å². The summed E-state index contributed by atoms with van der Waals surface area (Å²) in [6.07, 6.45) is 3.44. The van der Waals surface area contributed by atoms with Crippen molar-refractivity contribution in [1.82, 2.24) is 0 Å². The maximum Gasteiger partial charge on any atom is 0.208 e. The molecule has 1 fully saturated rings. The Morgan fingerprint density at radius 2 is 1.50 bits per heavy atom. The lowest BCUT2D eigenvalue weighted by Crippen LogP contribution is -2.39. The molecule has 0 aromatic heterocycles. The van der Waals surface area contributed by atoms with Gasteiger partial charge >= 0.3 is 0 Å². The summed E-state index contributed by atoms with van der Waals surface area (Å²) in [7, 11) is 2.23. The van der Waals surface area contributed by atoms with E-state index in [0.29, 0.717) is 12.0 Å². The molecule has 0 spiro atoms. The minimum absolute atomic E-state index is 0.458. The van der Waals surface area contributed by atoms with E-state index in [2.05, 4.69) is 89.3 Å². The number of hydrogen-bond donors (Lipinski definition) is 0. The van der Waals surface area contributed by atoms with Crippen LogP contribution < -0.4 is 9.64 Å². The number of nitrogens with zero attached hydrogens (tertiary/aromatic N) is 2. The van der Waals surface area contributed by atoms with Crippen molar-refractivity contribution in [2.45, 2.75) is 31.2 Å². The van der Waals surface area contributed by atoms with Crippen LogP contribution in [0, 0.1) is 0 Å². The van der Waals surface area contributed by atoms with E-state index in [1.807, 2.05) is 0 Å². The standard InChI is InChI=1S/C25H23N2O/c1-26-20-9-3-2-8-18(20)19-16-17(14-15-21(19)26)27-22-10-4-6-12-24(22)28-25-13-7-5-11-23(25)27/h2-13,17,19H,14-16H2,1H3/q+1. The van der Waals surface area contributed by atoms with Gasteiger partial charge in [0.1, 0.15) is 7.05 Å². The van der Waals surface area contributed by atoms with E-state index in [1.165, 1.54) is 22.6 Å². The van der Waals surface area contributed by atoms with Gasteiger partial charge in [0.05, 0.1) is 17.3 Å². The first-order chi connectivity index (χ1) is 13.8. The Kier molecular flexibility index (Phi) is 3.39. The molecule has 0 saturated heterocycles. The molecule has 138 valence electrons. The Morgan fingerprint density at radius 1 is 0.857 bits per heavy atom. The predicted octanol–water partition coefficient (Wildman–Crippen LogP) is 6.00. The average Bonchev–Trinajstić information content (AvgIpc) is 3.04. The Balaban J connectivity index is 1.44. The van der Waals surface area contributed by atoms with Crippen molar-refractivity contribution < 1.29 is 9.31 Å². The topological polar surface area (TPSA) is 15.5 Å². The van der Waals surface area contributed by atoms with Gasteiger partial charge in [0.25, 0.3) is 0 Å². The van der Waals surface area contributed by atoms with E-state index < -0.39 is 0 Å². The monoisotopic (exact) mass is 367 g/mol. The Labute approximate surface area is 165 Å². The minimum atomic E-state index is 0.458. The number of fused-ring (bicyclic) bond motifs is 5. The molecule has 0 radical (unpaired) electrons. The summed E-state index contributed by atoms with van der Waals surface area (Å²) >= 11 is 0. The van der Waals surface area contributed by atoms with Crippen molar-refractivity contribution in [2.75, 3.05) is 11.9 Å². The second-order valence-electron chi connectivity index (χ2n) is 8.00. The third-order valence-corrected chi connectivity index (χ3v) is 6.58. The molecule has 3 heteroatoms. The molecule has 3 nitrogen and oxygen atoms in total. The van der Waals surface area contributed by atoms with Crippen LogP contribution in [0.15, 0.2) is 72.8 Å². The summed E-state index contributed by atoms with van der Waals surface area (Å²) in [5.74, 6) is 2.43. The Hall–Kier alpha value is -3.07. The highest BCUT2D eigenvalue weighted by Crippen LogP contribution is 2.51. The third kappa shape index (κ3) is 2.19. The zero-order valence-electron chi connectivity index (χ0n) is 16.0. The Bertz CT molecular complexity index is 1070. The van der Waals surface area contributed by atoms with Crippen LogP contribution in [-0.4, -0.2) is 23.4 Å². The van der Waals surface area contributed by atoms with Gasteiger partial charge in [-0.2, -0.15) is 0 Å². The number of para-hydroxylation sites is 5. The largest absolute Gasteiger partial charge is 0.453 e. The van der Waals surface area contributed by atoms with Crippen LogP contribution in [0.4, 0.5) is 17.1 Å². The molecule has 2 aliphatic heterocycles. The summed E-state index contributed by atoms with van der Waals surface area (Å²) in [5.41, 5.74) is 6.82. The molecule has 28 heavy (non-hydrogen) atoms. The van der Waals surface area contributed by atoms with Gasteiger partial charge in [0, 0.05) is 24.1 Å². The van der Waals surface area contributed by atoms with E-state index in [1.54, 1.807) is 5.71 Å². The van der Waals surface area contributed by atoms with Gasteiger partial charge in [0.15, 0.2) is 17.2 Å². The number of rotatable bonds is 1. The summed E-state index contributed by atoms with van der Waals surface area (Å²) in [6, 6.07) is 26.2. The van der Waals surface area contributed by atoms with Crippen molar-refractivity contribution in [3.63, 3.8) is 0 Å². The van der Waals surface area contributed by atoms with E-state index in [9.17, 15) is 0 Å². The lowest BCUT2D eigenvalue weighted by Gasteiger charge is -2.41. The van der Waals surface area contributed by atoms with Crippen molar-refractivity contribution in [3.8, 4) is 11.5 Å². The highest BCUT2D eigenvalue weighted by Gasteiger charge is 2.44. The highest BCUT2D eigenvalue weighted by atomic mass is 16.5. The molecule has 6 rings (SSSR count). The van der Waals surface area contributed by atoms with Gasteiger partial charge in [-0.3, -0.25) is 0 Å². The first kappa shape index (κ1) is 15.9. The van der Waals surface area contributed by atoms with Crippen LogP contribution in [0.3, 0.4) is 0 Å². The van der Waals surface area contributed by atoms with Crippen LogP contribution >= 0.6 is 0 Å². The predicted molar refractivity (Wildman–Crippen MR) is 113 cm³/mol. The second-order valence-corrected chi connectivity index (χ2v) is 8.00. The van der Waals surface area contributed by atoms with Crippen LogP contribution in [0.5, 0.6) is 11.5 Å². The third-order valence-electron chi connectivity index (χ3n) is 6.58. The van der Waals surface area contributed by atoms with E-state index in [-0.39, 0.29) is 0 Å². The Morgan fingerprint density at radius 3 is 2.25 bits per heavy atom. The zero-order chi connectivity index (χ0) is 18.7. The van der Waals surface area contributed by atoms with Crippen molar-refractivity contribution in [2.24, 2.45) is 0 Å². The van der Waals surface area contributed by atoms with E-state index in [4.69, 9.17) is 4.74 Å². The lowest BCUT2D eigenvalue weighted by molar-refractivity contribution is -0.403. The molecule has 1 saturated carbocycles. The van der Waals surface area contributed by atoms with Crippen LogP contribution in [0.1, 0.15) is 30.7 Å². The molecular weight excluding hydrogens is 344 g/mol. The summed E-state index contributed by atoms with van der Waals surface area (Å²) in [4.78, 5) is 2.53. The van der Waals surface area contributed by atoms with E-state index >= 15 is 0 Å². The molecule has 3 aliphatic rings. The number of benzene rings is 3. The fourth-order valence-corrected chi connectivity index (χ4v) is 5.33. The van der Waals surface area contributed by atoms with Crippen molar-refractivity contribution in [1.29, 1.82) is 0 Å². The van der Waals surface area contributed by atoms with Gasteiger partial charge in [-0.15, -0.1) is 0 Å². The minimum Gasteiger partial charge on any atom is -0.453 e. The fourth-order valence-electron chi connectivity index (χ4n) is 5.33. The molecular formula is C25H23N2O+. The van der Waals surface area contributed by atoms with Crippen LogP contribution in [0.2, 0.25) is 0 Å². The molecule has 3 aromatic rings. The van der Waals surface area contributed by atoms with Crippen LogP contribution in [0.25, 0.3) is 0 Å². The quantitative estimate of drug-likeness (QED) is 0.491. The summed E-state index contributed by atoms with van der Waals surface area (Å²) < 4.78 is 8.63. The molecule has 3 aromatic carbocycles. The van der Waals surface area contributed by atoms with Gasteiger partial charge in [-0.1, -0.05) is 42.5 Å². The maximum absolute atomic E-state index is 6.20. The first-order valence-corrected chi connectivity index (χ1v) is 10.1. The van der Waals surface area contributed by atoms with Gasteiger partial charge in [-0.05, 0) is 37.1 Å². The average molecular weight is 367 g/mol. The number of hydrogen-bond acceptors (Lipinski definition) is 2. The molecule has 0 amide bonds. The normalized spacial score (nSPS) is 22.1. The second kappa shape index (κ2) is 5.96. The summed E-state index contributed by atoms with van der Waals surface area (Å²) in [6.45, 7) is 0. The highest BCUT2D eigenvalue weighted by molar-refractivity contribution is 5.93. The smallest absolute Gasteiger partial charge is 0.208 e. The van der Waals surface area contributed by atoms with Gasteiger partial charge in [0.2, 0.25) is 5.69 Å². The first-order valence-electron chi connectivity index (χ1n) is 10.1. The summed E-state index contributed by atoms with van der Waals surface area (Å²) in [5, 5.41) is 0. The van der Waals surface area contributed by atoms with Crippen molar-refractivity contribution in [3.05, 3.63) is 78.4 Å². The SMILES string of the molecule is C[N+]1=C2CCC(N3c4ccccc4Oc4ccccc43)CC2c2ccccc21. The molecule has 0 N–H and O–H groups in total. The van der Waals surface area contributed by atoms with E-state index in [0.717, 1.165) is 30.8 Å². The lowest BCUT2D eigenvalue weighted by atomic mass is 9.80. The molecule has 2 atom stereocenters. The molecule has 2 unspecified atom stereocenters. The number of ether oxygens (including phenoxy) is 1. The fraction of sp³-hybridized carbons (Fsp3) is 0.240. The number of anilines is 2. The molecule has 2 heterocycles. The zero-order valence-corrected chi connectivity index (χ0v) is 16.0. The van der Waals surface area contributed by atoms with Crippen LogP contribution in [-0.2, 0) is 0 Å². The van der Waals surface area contributed by atoms with Gasteiger partial charge < -0.3 is 9.64 Å².